The van der Waals surface area contributed by atoms with Gasteiger partial charge in [0, 0.05) is 46.9 Å². The Balaban J connectivity index is 1.07. The maximum atomic E-state index is 14.7. The summed E-state index contributed by atoms with van der Waals surface area (Å²) in [6.45, 7) is 7.01. The number of halogens is 1. The van der Waals surface area contributed by atoms with Crippen molar-refractivity contribution in [3.63, 3.8) is 0 Å². The van der Waals surface area contributed by atoms with E-state index in [9.17, 15) is 9.18 Å². The third-order valence-electron chi connectivity index (χ3n) is 11.7. The number of benzene rings is 1. The number of anilines is 1. The van der Waals surface area contributed by atoms with Gasteiger partial charge in [0.25, 0.3) is 0 Å². The summed E-state index contributed by atoms with van der Waals surface area (Å²) in [6.07, 6.45) is 13.1. The molecule has 0 saturated heterocycles. The zero-order valence-corrected chi connectivity index (χ0v) is 25.6. The van der Waals surface area contributed by atoms with Crippen LogP contribution in [0.25, 0.3) is 11.1 Å². The molecule has 7 fully saturated rings. The van der Waals surface area contributed by atoms with Crippen LogP contribution in [0, 0.1) is 16.7 Å². The first kappa shape index (κ1) is 27.4. The van der Waals surface area contributed by atoms with E-state index in [0.717, 1.165) is 72.9 Å². The molecule has 226 valence electrons. The average molecular weight is 584 g/mol. The molecule has 1 atom stereocenters. The van der Waals surface area contributed by atoms with Gasteiger partial charge in [-0.15, -0.1) is 0 Å². The normalized spacial score (nSPS) is 32.9. The Morgan fingerprint density at radius 1 is 1.00 bits per heavy atom. The lowest BCUT2D eigenvalue weighted by Gasteiger charge is -2.54. The van der Waals surface area contributed by atoms with E-state index in [1.165, 1.54) is 12.8 Å². The van der Waals surface area contributed by atoms with Gasteiger partial charge in [-0.05, 0) is 99.7 Å². The van der Waals surface area contributed by atoms with E-state index >= 15 is 0 Å². The van der Waals surface area contributed by atoms with Crippen LogP contribution in [0.5, 0.6) is 0 Å². The summed E-state index contributed by atoms with van der Waals surface area (Å²) in [5.41, 5.74) is 2.13. The van der Waals surface area contributed by atoms with Gasteiger partial charge in [0.05, 0.1) is 5.41 Å². The SMILES string of the molecule is CC(C)(C)c1noc(C23CCC(CN(C(=O)C45CC(F)C(C4)C5)c4cccc(-c5cnc(C6CC6)nc5)c4)(CC2)CC3)n1. The van der Waals surface area contributed by atoms with E-state index in [4.69, 9.17) is 9.51 Å². The van der Waals surface area contributed by atoms with Crippen LogP contribution < -0.4 is 4.90 Å². The van der Waals surface area contributed by atoms with Crippen molar-refractivity contribution in [1.82, 2.24) is 20.1 Å². The maximum absolute atomic E-state index is 14.7. The predicted molar refractivity (Wildman–Crippen MR) is 161 cm³/mol. The number of rotatable bonds is 7. The monoisotopic (exact) mass is 583 g/mol. The van der Waals surface area contributed by atoms with Gasteiger partial charge in [-0.2, -0.15) is 4.98 Å². The molecule has 3 aromatic rings. The molecule has 7 saturated carbocycles. The van der Waals surface area contributed by atoms with Crippen LogP contribution in [-0.2, 0) is 15.6 Å². The molecule has 2 heterocycles. The van der Waals surface area contributed by atoms with Crippen LogP contribution in [0.1, 0.15) is 115 Å². The third-order valence-corrected chi connectivity index (χ3v) is 11.7. The Kier molecular flexibility index (Phi) is 6.00. The molecule has 2 aromatic heterocycles. The van der Waals surface area contributed by atoms with Crippen LogP contribution in [0.4, 0.5) is 10.1 Å². The Bertz CT molecular complexity index is 1520. The van der Waals surface area contributed by atoms with Gasteiger partial charge in [-0.1, -0.05) is 38.1 Å². The zero-order valence-electron chi connectivity index (χ0n) is 25.6. The fourth-order valence-corrected chi connectivity index (χ4v) is 8.53. The van der Waals surface area contributed by atoms with Crippen LogP contribution in [0.2, 0.25) is 0 Å². The van der Waals surface area contributed by atoms with Crippen LogP contribution in [-0.4, -0.2) is 38.7 Å². The highest BCUT2D eigenvalue weighted by atomic mass is 19.1. The summed E-state index contributed by atoms with van der Waals surface area (Å²) in [5.74, 6) is 3.16. The van der Waals surface area contributed by atoms with E-state index in [-0.39, 0.29) is 28.1 Å². The molecule has 1 amide bonds. The fraction of sp³-hybridized carbons (Fsp3) is 0.629. The highest BCUT2D eigenvalue weighted by molar-refractivity contribution is 5.99. The molecule has 7 nitrogen and oxygen atoms in total. The number of carbonyl (C=O) groups is 1. The molecule has 1 aromatic carbocycles. The first-order chi connectivity index (χ1) is 20.6. The first-order valence-corrected chi connectivity index (χ1v) is 16.3. The van der Waals surface area contributed by atoms with E-state index in [1.54, 1.807) is 0 Å². The number of hydrogen-bond acceptors (Lipinski definition) is 6. The topological polar surface area (TPSA) is 85.0 Å². The lowest BCUT2D eigenvalue weighted by atomic mass is 9.53. The number of aromatic nitrogens is 4. The number of carbonyl (C=O) groups excluding carboxylic acids is 1. The molecule has 43 heavy (non-hydrogen) atoms. The second-order valence-corrected chi connectivity index (χ2v) is 15.7. The molecule has 10 rings (SSSR count). The second kappa shape index (κ2) is 9.42. The molecular weight excluding hydrogens is 541 g/mol. The average Bonchev–Trinajstić information content (AvgIpc) is 3.46. The highest BCUT2D eigenvalue weighted by Crippen LogP contribution is 2.62. The van der Waals surface area contributed by atoms with Gasteiger partial charge in [0.2, 0.25) is 11.8 Å². The predicted octanol–water partition coefficient (Wildman–Crippen LogP) is 7.46. The van der Waals surface area contributed by atoms with Crippen LogP contribution in [0.3, 0.4) is 0 Å². The van der Waals surface area contributed by atoms with Gasteiger partial charge in [0.1, 0.15) is 12.0 Å². The summed E-state index contributed by atoms with van der Waals surface area (Å²) in [7, 11) is 0. The minimum absolute atomic E-state index is 0.0306. The van der Waals surface area contributed by atoms with E-state index in [2.05, 4.69) is 54.1 Å². The van der Waals surface area contributed by atoms with Crippen molar-refractivity contribution in [1.29, 1.82) is 0 Å². The number of hydrogen-bond donors (Lipinski definition) is 0. The minimum atomic E-state index is -0.852. The summed E-state index contributed by atoms with van der Waals surface area (Å²) in [5, 5.41) is 4.33. The van der Waals surface area contributed by atoms with E-state index < -0.39 is 11.6 Å². The summed E-state index contributed by atoms with van der Waals surface area (Å²) in [4.78, 5) is 30.6. The Labute approximate surface area is 253 Å². The summed E-state index contributed by atoms with van der Waals surface area (Å²) in [6, 6.07) is 8.26. The molecule has 1 unspecified atom stereocenters. The zero-order chi connectivity index (χ0) is 29.6. The largest absolute Gasteiger partial charge is 0.339 e. The van der Waals surface area contributed by atoms with Crippen molar-refractivity contribution in [2.45, 2.75) is 114 Å². The van der Waals surface area contributed by atoms with Crippen molar-refractivity contribution in [2.24, 2.45) is 16.7 Å². The van der Waals surface area contributed by atoms with Crippen molar-refractivity contribution in [2.75, 3.05) is 11.4 Å². The van der Waals surface area contributed by atoms with E-state index in [1.807, 2.05) is 23.4 Å². The standard InChI is InChI=1S/C35H42FN5O2/c1-32(2,3)29-39-30(43-40-29)34-12-9-33(10-13-34,11-14-34)21-41(31(42)35-16-24(17-35)27(36)18-35)26-6-4-5-23(15-26)25-19-37-28(38-20-25)22-7-8-22/h4-6,15,19-20,22,24,27H,7-14,16-18,21H2,1-3H3. The Morgan fingerprint density at radius 3 is 2.28 bits per heavy atom. The minimum Gasteiger partial charge on any atom is -0.339 e. The summed E-state index contributed by atoms with van der Waals surface area (Å²) < 4.78 is 20.6. The van der Waals surface area contributed by atoms with Gasteiger partial charge in [-0.25, -0.2) is 14.4 Å². The number of nitrogens with zero attached hydrogens (tertiary/aromatic N) is 5. The van der Waals surface area contributed by atoms with Gasteiger partial charge < -0.3 is 9.42 Å². The molecule has 0 radical (unpaired) electrons. The molecule has 7 aliphatic carbocycles. The highest BCUT2D eigenvalue weighted by Gasteiger charge is 2.62. The maximum Gasteiger partial charge on any atom is 0.233 e. The lowest BCUT2D eigenvalue weighted by Crippen LogP contribution is -2.54. The smallest absolute Gasteiger partial charge is 0.233 e. The molecule has 4 bridgehead atoms. The van der Waals surface area contributed by atoms with Crippen LogP contribution in [0.15, 0.2) is 41.2 Å². The Morgan fingerprint density at radius 2 is 1.70 bits per heavy atom. The lowest BCUT2D eigenvalue weighted by molar-refractivity contribution is -0.132. The molecular formula is C35H42FN5O2. The van der Waals surface area contributed by atoms with Gasteiger partial charge >= 0.3 is 0 Å². The molecule has 0 aliphatic heterocycles. The van der Waals surface area contributed by atoms with Crippen molar-refractivity contribution in [3.05, 3.63) is 54.2 Å². The van der Waals surface area contributed by atoms with Crippen LogP contribution >= 0.6 is 0 Å². The molecule has 0 spiro atoms. The van der Waals surface area contributed by atoms with Crippen molar-refractivity contribution >= 4 is 11.6 Å². The van der Waals surface area contributed by atoms with Gasteiger partial charge in [-0.3, -0.25) is 4.79 Å². The van der Waals surface area contributed by atoms with Gasteiger partial charge in [0.15, 0.2) is 5.82 Å². The first-order valence-electron chi connectivity index (χ1n) is 16.3. The summed E-state index contributed by atoms with van der Waals surface area (Å²) >= 11 is 0. The van der Waals surface area contributed by atoms with E-state index in [0.29, 0.717) is 31.7 Å². The quantitative estimate of drug-likeness (QED) is 0.287. The fourth-order valence-electron chi connectivity index (χ4n) is 8.53. The number of amides is 1. The van der Waals surface area contributed by atoms with Crippen molar-refractivity contribution < 1.29 is 13.7 Å². The Hall–Kier alpha value is -3.16. The second-order valence-electron chi connectivity index (χ2n) is 15.7. The molecule has 0 N–H and O–H groups in total. The number of fused-ring (bicyclic) bond motifs is 4. The molecule has 8 heteroatoms. The van der Waals surface area contributed by atoms with Crippen molar-refractivity contribution in [3.8, 4) is 11.1 Å². The third kappa shape index (κ3) is 4.53. The molecule has 7 aliphatic rings. The number of alkyl halides is 1.